The molecule has 0 aliphatic carbocycles. The Morgan fingerprint density at radius 3 is 2.63 bits per heavy atom. The Hall–Kier alpha value is -0.640. The smallest absolute Gasteiger partial charge is 0.126 e. The van der Waals surface area contributed by atoms with Gasteiger partial charge in [-0.3, -0.25) is 0 Å². The third-order valence-electron chi connectivity index (χ3n) is 3.79. The third-order valence-corrected chi connectivity index (χ3v) is 4.02. The van der Waals surface area contributed by atoms with E-state index in [2.05, 4.69) is 12.2 Å². The van der Waals surface area contributed by atoms with E-state index < -0.39 is 0 Å². The van der Waals surface area contributed by atoms with E-state index in [1.807, 2.05) is 13.8 Å². The predicted octanol–water partition coefficient (Wildman–Crippen LogP) is 3.81. The first kappa shape index (κ1) is 16.4. The van der Waals surface area contributed by atoms with Gasteiger partial charge in [-0.15, -0.1) is 0 Å². The van der Waals surface area contributed by atoms with E-state index in [-0.39, 0.29) is 17.5 Å². The lowest BCUT2D eigenvalue weighted by Gasteiger charge is -2.36. The zero-order valence-electron chi connectivity index (χ0n) is 12.1. The van der Waals surface area contributed by atoms with Gasteiger partial charge in [0.25, 0.3) is 0 Å². The van der Waals surface area contributed by atoms with E-state index in [1.54, 1.807) is 19.2 Å². The summed E-state index contributed by atoms with van der Waals surface area (Å²) in [4.78, 5) is 0. The SMILES string of the molecule is CCNC(Cc1cc(Cl)ccc1F)C(C)(CC)OC. The van der Waals surface area contributed by atoms with Crippen LogP contribution < -0.4 is 5.32 Å². The average molecular weight is 288 g/mol. The maximum atomic E-state index is 13.8. The van der Waals surface area contributed by atoms with Gasteiger partial charge in [0.2, 0.25) is 0 Å². The average Bonchev–Trinajstić information content (AvgIpc) is 2.41. The summed E-state index contributed by atoms with van der Waals surface area (Å²) in [6.45, 7) is 6.96. The maximum absolute atomic E-state index is 13.8. The van der Waals surface area contributed by atoms with E-state index in [1.165, 1.54) is 6.07 Å². The fraction of sp³-hybridized carbons (Fsp3) is 0.600. The Labute approximate surface area is 120 Å². The molecule has 19 heavy (non-hydrogen) atoms. The van der Waals surface area contributed by atoms with Gasteiger partial charge < -0.3 is 10.1 Å². The highest BCUT2D eigenvalue weighted by molar-refractivity contribution is 6.30. The van der Waals surface area contributed by atoms with Crippen LogP contribution in [0.25, 0.3) is 0 Å². The van der Waals surface area contributed by atoms with Gasteiger partial charge in [-0.05, 0) is 50.1 Å². The summed E-state index contributed by atoms with van der Waals surface area (Å²) in [7, 11) is 1.70. The molecule has 1 rings (SSSR count). The Morgan fingerprint density at radius 1 is 1.42 bits per heavy atom. The number of nitrogens with one attached hydrogen (secondary N) is 1. The van der Waals surface area contributed by atoms with Gasteiger partial charge in [-0.25, -0.2) is 4.39 Å². The third kappa shape index (κ3) is 4.16. The molecule has 1 aromatic rings. The van der Waals surface area contributed by atoms with Crippen molar-refractivity contribution in [3.8, 4) is 0 Å². The number of benzene rings is 1. The molecule has 108 valence electrons. The molecule has 2 atom stereocenters. The van der Waals surface area contributed by atoms with Crippen molar-refractivity contribution in [2.45, 2.75) is 45.3 Å². The molecule has 0 aliphatic heterocycles. The summed E-state index contributed by atoms with van der Waals surface area (Å²) in [6.07, 6.45) is 1.40. The molecule has 0 saturated carbocycles. The molecule has 0 heterocycles. The van der Waals surface area contributed by atoms with Crippen LogP contribution in [0.15, 0.2) is 18.2 Å². The number of hydrogen-bond donors (Lipinski definition) is 1. The molecule has 4 heteroatoms. The lowest BCUT2D eigenvalue weighted by molar-refractivity contribution is -0.0285. The van der Waals surface area contributed by atoms with Crippen molar-refractivity contribution in [2.75, 3.05) is 13.7 Å². The van der Waals surface area contributed by atoms with Gasteiger partial charge >= 0.3 is 0 Å². The summed E-state index contributed by atoms with van der Waals surface area (Å²) in [5.74, 6) is -0.221. The van der Waals surface area contributed by atoms with Crippen molar-refractivity contribution in [3.05, 3.63) is 34.6 Å². The largest absolute Gasteiger partial charge is 0.377 e. The van der Waals surface area contributed by atoms with Gasteiger partial charge in [0.15, 0.2) is 0 Å². The van der Waals surface area contributed by atoms with Crippen LogP contribution in [0, 0.1) is 5.82 Å². The van der Waals surface area contributed by atoms with E-state index in [0.29, 0.717) is 17.0 Å². The topological polar surface area (TPSA) is 21.3 Å². The summed E-state index contributed by atoms with van der Waals surface area (Å²) >= 11 is 5.94. The molecule has 0 aromatic heterocycles. The molecule has 2 nitrogen and oxygen atoms in total. The first-order valence-corrected chi connectivity index (χ1v) is 7.07. The molecule has 0 spiro atoms. The van der Waals surface area contributed by atoms with Crippen molar-refractivity contribution in [2.24, 2.45) is 0 Å². The molecular weight excluding hydrogens is 265 g/mol. The Balaban J connectivity index is 2.98. The molecule has 0 bridgehead atoms. The lowest BCUT2D eigenvalue weighted by atomic mass is 9.88. The van der Waals surface area contributed by atoms with E-state index >= 15 is 0 Å². The minimum atomic E-state index is -0.329. The van der Waals surface area contributed by atoms with E-state index in [9.17, 15) is 4.39 Å². The second kappa shape index (κ2) is 7.22. The van der Waals surface area contributed by atoms with Crippen molar-refractivity contribution < 1.29 is 9.13 Å². The molecule has 0 saturated heterocycles. The number of hydrogen-bond acceptors (Lipinski definition) is 2. The maximum Gasteiger partial charge on any atom is 0.126 e. The highest BCUT2D eigenvalue weighted by Gasteiger charge is 2.32. The summed E-state index contributed by atoms with van der Waals surface area (Å²) < 4.78 is 19.5. The van der Waals surface area contributed by atoms with Crippen molar-refractivity contribution in [1.82, 2.24) is 5.32 Å². The van der Waals surface area contributed by atoms with Crippen LogP contribution in [-0.2, 0) is 11.2 Å². The van der Waals surface area contributed by atoms with Crippen LogP contribution in [0.2, 0.25) is 5.02 Å². The molecule has 0 radical (unpaired) electrons. The fourth-order valence-electron chi connectivity index (χ4n) is 2.20. The minimum Gasteiger partial charge on any atom is -0.377 e. The van der Waals surface area contributed by atoms with Gasteiger partial charge in [-0.1, -0.05) is 25.4 Å². The first-order chi connectivity index (χ1) is 8.96. The zero-order valence-corrected chi connectivity index (χ0v) is 12.9. The number of rotatable bonds is 7. The lowest BCUT2D eigenvalue weighted by Crippen LogP contribution is -2.51. The van der Waals surface area contributed by atoms with Crippen LogP contribution in [0.1, 0.15) is 32.8 Å². The second-order valence-corrected chi connectivity index (χ2v) is 5.36. The monoisotopic (exact) mass is 287 g/mol. The van der Waals surface area contributed by atoms with Crippen molar-refractivity contribution in [3.63, 3.8) is 0 Å². The van der Waals surface area contributed by atoms with Gasteiger partial charge in [0, 0.05) is 18.2 Å². The highest BCUT2D eigenvalue weighted by atomic mass is 35.5. The normalized spacial score (nSPS) is 16.1. The molecule has 0 fully saturated rings. The fourth-order valence-corrected chi connectivity index (χ4v) is 2.40. The highest BCUT2D eigenvalue weighted by Crippen LogP contribution is 2.24. The zero-order chi connectivity index (χ0) is 14.5. The minimum absolute atomic E-state index is 0.0421. The molecule has 1 aromatic carbocycles. The summed E-state index contributed by atoms with van der Waals surface area (Å²) in [6, 6.07) is 4.71. The standard InChI is InChI=1S/C15H23ClFNO/c1-5-15(3,19-4)14(18-6-2)10-11-9-12(16)7-8-13(11)17/h7-9,14,18H,5-6,10H2,1-4H3. The Morgan fingerprint density at radius 2 is 2.11 bits per heavy atom. The van der Waals surface area contributed by atoms with E-state index in [4.69, 9.17) is 16.3 Å². The van der Waals surface area contributed by atoms with Crippen LogP contribution in [0.4, 0.5) is 4.39 Å². The van der Waals surface area contributed by atoms with Crippen LogP contribution in [-0.4, -0.2) is 25.3 Å². The summed E-state index contributed by atoms with van der Waals surface area (Å²) in [5.41, 5.74) is 0.292. The predicted molar refractivity (Wildman–Crippen MR) is 78.3 cm³/mol. The van der Waals surface area contributed by atoms with Crippen LogP contribution in [0.3, 0.4) is 0 Å². The number of ether oxygens (including phenoxy) is 1. The number of likely N-dealkylation sites (N-methyl/N-ethyl adjacent to an activating group) is 1. The van der Waals surface area contributed by atoms with Crippen molar-refractivity contribution in [1.29, 1.82) is 0 Å². The van der Waals surface area contributed by atoms with Crippen molar-refractivity contribution >= 4 is 11.6 Å². The number of halogens is 2. The van der Waals surface area contributed by atoms with E-state index in [0.717, 1.165) is 13.0 Å². The molecule has 2 unspecified atom stereocenters. The summed E-state index contributed by atoms with van der Waals surface area (Å²) in [5, 5.41) is 3.94. The molecular formula is C15H23ClFNO. The molecule has 0 aliphatic rings. The Bertz CT molecular complexity index is 407. The second-order valence-electron chi connectivity index (χ2n) is 4.92. The quantitative estimate of drug-likeness (QED) is 0.823. The van der Waals surface area contributed by atoms with Gasteiger partial charge in [0.05, 0.1) is 5.60 Å². The van der Waals surface area contributed by atoms with Crippen LogP contribution in [0.5, 0.6) is 0 Å². The number of methoxy groups -OCH3 is 1. The Kier molecular flexibility index (Phi) is 6.24. The first-order valence-electron chi connectivity index (χ1n) is 6.69. The van der Waals surface area contributed by atoms with Crippen LogP contribution >= 0.6 is 11.6 Å². The van der Waals surface area contributed by atoms with Gasteiger partial charge in [0.1, 0.15) is 5.82 Å². The molecule has 1 N–H and O–H groups in total. The molecule has 0 amide bonds. The van der Waals surface area contributed by atoms with Gasteiger partial charge in [-0.2, -0.15) is 0 Å².